The molecule has 5 heteroatoms. The van der Waals surface area contributed by atoms with Gasteiger partial charge in [0, 0.05) is 26.2 Å². The molecule has 0 saturated carbocycles. The summed E-state index contributed by atoms with van der Waals surface area (Å²) in [4.78, 5) is 25.6. The van der Waals surface area contributed by atoms with E-state index in [0.717, 1.165) is 11.3 Å². The molecule has 0 spiro atoms. The van der Waals surface area contributed by atoms with Crippen LogP contribution in [0.5, 0.6) is 5.75 Å². The molecule has 150 valence electrons. The van der Waals surface area contributed by atoms with Crippen LogP contribution < -0.4 is 10.1 Å². The van der Waals surface area contributed by atoms with E-state index < -0.39 is 0 Å². The Bertz CT molecular complexity index is 790. The number of amides is 2. The molecule has 0 aromatic heterocycles. The smallest absolute Gasteiger partial charge is 0.251 e. The number of benzene rings is 2. The number of hydrogen-bond acceptors (Lipinski definition) is 3. The lowest BCUT2D eigenvalue weighted by Gasteiger charge is -2.19. The van der Waals surface area contributed by atoms with Crippen LogP contribution in [0.25, 0.3) is 0 Å². The normalized spacial score (nSPS) is 11.0. The van der Waals surface area contributed by atoms with Crippen LogP contribution in [0.2, 0.25) is 0 Å². The third-order valence-electron chi connectivity index (χ3n) is 4.59. The predicted octanol–water partition coefficient (Wildman–Crippen LogP) is 3.77. The van der Waals surface area contributed by atoms with Crippen LogP contribution in [0.4, 0.5) is 0 Å². The molecule has 2 rings (SSSR count). The Labute approximate surface area is 167 Å². The minimum absolute atomic E-state index is 0.0155. The second-order valence-electron chi connectivity index (χ2n) is 7.90. The monoisotopic (exact) mass is 382 g/mol. The summed E-state index contributed by atoms with van der Waals surface area (Å²) in [6.07, 6.45) is 0.313. The summed E-state index contributed by atoms with van der Waals surface area (Å²) in [6, 6.07) is 15.3. The van der Waals surface area contributed by atoms with Gasteiger partial charge in [0.25, 0.3) is 5.91 Å². The Kier molecular flexibility index (Phi) is 7.21. The fraction of sp³-hybridized carbons (Fsp3) is 0.391. The van der Waals surface area contributed by atoms with E-state index in [9.17, 15) is 9.59 Å². The minimum Gasteiger partial charge on any atom is -0.493 e. The van der Waals surface area contributed by atoms with Crippen LogP contribution >= 0.6 is 0 Å². The summed E-state index contributed by atoms with van der Waals surface area (Å²) >= 11 is 0. The summed E-state index contributed by atoms with van der Waals surface area (Å²) in [6.45, 7) is 7.34. The van der Waals surface area contributed by atoms with E-state index in [1.54, 1.807) is 31.1 Å². The molecule has 2 aromatic rings. The SMILES string of the molecule is CNC(=O)c1ccc(CN(C)C(=O)CCOc2ccc(C(C)(C)C)cc2)cc1. The molecule has 1 N–H and O–H groups in total. The highest BCUT2D eigenvalue weighted by molar-refractivity contribution is 5.93. The number of rotatable bonds is 7. The highest BCUT2D eigenvalue weighted by Crippen LogP contribution is 2.24. The van der Waals surface area contributed by atoms with E-state index in [-0.39, 0.29) is 17.2 Å². The Balaban J connectivity index is 1.80. The van der Waals surface area contributed by atoms with Crippen molar-refractivity contribution >= 4 is 11.8 Å². The predicted molar refractivity (Wildman–Crippen MR) is 112 cm³/mol. The van der Waals surface area contributed by atoms with Gasteiger partial charge >= 0.3 is 0 Å². The molecule has 0 aliphatic rings. The third kappa shape index (κ3) is 6.12. The van der Waals surface area contributed by atoms with E-state index in [0.29, 0.717) is 25.1 Å². The summed E-state index contributed by atoms with van der Waals surface area (Å²) in [5.41, 5.74) is 2.93. The number of carbonyl (C=O) groups excluding carboxylic acids is 2. The summed E-state index contributed by atoms with van der Waals surface area (Å²) in [7, 11) is 3.37. The van der Waals surface area contributed by atoms with Crippen LogP contribution in [-0.4, -0.2) is 37.4 Å². The van der Waals surface area contributed by atoms with Crippen LogP contribution in [-0.2, 0) is 16.8 Å². The zero-order valence-electron chi connectivity index (χ0n) is 17.4. The van der Waals surface area contributed by atoms with Crippen molar-refractivity contribution in [1.82, 2.24) is 10.2 Å². The van der Waals surface area contributed by atoms with Gasteiger partial charge < -0.3 is 15.0 Å². The minimum atomic E-state index is -0.122. The molecule has 0 heterocycles. The Morgan fingerprint density at radius 2 is 1.61 bits per heavy atom. The van der Waals surface area contributed by atoms with E-state index >= 15 is 0 Å². The van der Waals surface area contributed by atoms with Crippen LogP contribution in [0.3, 0.4) is 0 Å². The molecule has 0 radical (unpaired) electrons. The largest absolute Gasteiger partial charge is 0.493 e. The van der Waals surface area contributed by atoms with Crippen molar-refractivity contribution in [2.45, 2.75) is 39.2 Å². The van der Waals surface area contributed by atoms with Gasteiger partial charge in [-0.2, -0.15) is 0 Å². The van der Waals surface area contributed by atoms with Crippen molar-refractivity contribution in [2.24, 2.45) is 0 Å². The molecule has 28 heavy (non-hydrogen) atoms. The second-order valence-corrected chi connectivity index (χ2v) is 7.90. The van der Waals surface area contributed by atoms with Crippen molar-refractivity contribution in [1.29, 1.82) is 0 Å². The molecule has 0 aliphatic carbocycles. The number of nitrogens with one attached hydrogen (secondary N) is 1. The molecule has 0 fully saturated rings. The average molecular weight is 383 g/mol. The van der Waals surface area contributed by atoms with E-state index in [1.807, 2.05) is 24.3 Å². The van der Waals surface area contributed by atoms with Gasteiger partial charge in [0.2, 0.25) is 5.91 Å². The molecule has 0 bridgehead atoms. The van der Waals surface area contributed by atoms with E-state index in [2.05, 4.69) is 38.2 Å². The zero-order chi connectivity index (χ0) is 20.7. The van der Waals surface area contributed by atoms with Crippen molar-refractivity contribution in [3.05, 3.63) is 65.2 Å². The lowest BCUT2D eigenvalue weighted by Crippen LogP contribution is -2.27. The number of hydrogen-bond donors (Lipinski definition) is 1. The zero-order valence-corrected chi connectivity index (χ0v) is 17.4. The highest BCUT2D eigenvalue weighted by atomic mass is 16.5. The maximum absolute atomic E-state index is 12.3. The molecule has 0 aliphatic heterocycles. The number of ether oxygens (including phenoxy) is 1. The first-order valence-corrected chi connectivity index (χ1v) is 9.49. The summed E-state index contributed by atoms with van der Waals surface area (Å²) in [5, 5.41) is 2.59. The quantitative estimate of drug-likeness (QED) is 0.793. The van der Waals surface area contributed by atoms with E-state index in [1.165, 1.54) is 5.56 Å². The van der Waals surface area contributed by atoms with Crippen LogP contribution in [0.1, 0.15) is 48.7 Å². The fourth-order valence-corrected chi connectivity index (χ4v) is 2.77. The first-order valence-electron chi connectivity index (χ1n) is 9.49. The van der Waals surface area contributed by atoms with Crippen molar-refractivity contribution < 1.29 is 14.3 Å². The summed E-state index contributed by atoms with van der Waals surface area (Å²) < 4.78 is 5.71. The standard InChI is InChI=1S/C23H30N2O3/c1-23(2,3)19-10-12-20(13-11-19)28-15-14-21(26)25(5)16-17-6-8-18(9-7-17)22(27)24-4/h6-13H,14-16H2,1-5H3,(H,24,27). The van der Waals surface area contributed by atoms with E-state index in [4.69, 9.17) is 4.74 Å². The first kappa shape index (κ1) is 21.5. The third-order valence-corrected chi connectivity index (χ3v) is 4.59. The lowest BCUT2D eigenvalue weighted by atomic mass is 9.87. The highest BCUT2D eigenvalue weighted by Gasteiger charge is 2.13. The topological polar surface area (TPSA) is 58.6 Å². The summed E-state index contributed by atoms with van der Waals surface area (Å²) in [5.74, 6) is 0.665. The molecular weight excluding hydrogens is 352 g/mol. The van der Waals surface area contributed by atoms with Gasteiger partial charge in [-0.25, -0.2) is 0 Å². The molecule has 2 aromatic carbocycles. The van der Waals surface area contributed by atoms with Gasteiger partial charge in [0.15, 0.2) is 0 Å². The maximum Gasteiger partial charge on any atom is 0.251 e. The van der Waals surface area contributed by atoms with Gasteiger partial charge in [0.1, 0.15) is 5.75 Å². The first-order chi connectivity index (χ1) is 13.2. The van der Waals surface area contributed by atoms with Crippen LogP contribution in [0, 0.1) is 0 Å². The molecule has 0 unspecified atom stereocenters. The van der Waals surface area contributed by atoms with Gasteiger partial charge in [0.05, 0.1) is 13.0 Å². The maximum atomic E-state index is 12.3. The lowest BCUT2D eigenvalue weighted by molar-refractivity contribution is -0.130. The average Bonchev–Trinajstić information content (AvgIpc) is 2.67. The second kappa shape index (κ2) is 9.40. The van der Waals surface area contributed by atoms with Gasteiger partial charge in [-0.1, -0.05) is 45.0 Å². The van der Waals surface area contributed by atoms with Crippen molar-refractivity contribution in [3.8, 4) is 5.75 Å². The van der Waals surface area contributed by atoms with Gasteiger partial charge in [-0.05, 0) is 40.8 Å². The fourth-order valence-electron chi connectivity index (χ4n) is 2.77. The number of carbonyl (C=O) groups is 2. The van der Waals surface area contributed by atoms with Crippen molar-refractivity contribution in [2.75, 3.05) is 20.7 Å². The Hall–Kier alpha value is -2.82. The Morgan fingerprint density at radius 1 is 1.00 bits per heavy atom. The molecule has 0 saturated heterocycles. The molecular formula is C23H30N2O3. The molecule has 0 atom stereocenters. The van der Waals surface area contributed by atoms with Gasteiger partial charge in [-0.3, -0.25) is 9.59 Å². The Morgan fingerprint density at radius 3 is 2.14 bits per heavy atom. The number of nitrogens with zero attached hydrogens (tertiary/aromatic N) is 1. The van der Waals surface area contributed by atoms with Crippen molar-refractivity contribution in [3.63, 3.8) is 0 Å². The molecule has 2 amide bonds. The molecule has 5 nitrogen and oxygen atoms in total. The van der Waals surface area contributed by atoms with Gasteiger partial charge in [-0.15, -0.1) is 0 Å². The van der Waals surface area contributed by atoms with Crippen LogP contribution in [0.15, 0.2) is 48.5 Å².